The molecule has 1 saturated carbocycles. The maximum absolute atomic E-state index is 13.1. The number of carbonyl (C=O) groups excluding carboxylic acids is 2. The molecule has 0 bridgehead atoms. The maximum atomic E-state index is 13.1. The van der Waals surface area contributed by atoms with Crippen LogP contribution < -0.4 is 10.6 Å². The van der Waals surface area contributed by atoms with E-state index in [1.807, 2.05) is 11.9 Å². The summed E-state index contributed by atoms with van der Waals surface area (Å²) in [6.45, 7) is 3.42. The topological polar surface area (TPSA) is 97.7 Å². The molecule has 1 aliphatic carbocycles. The van der Waals surface area contributed by atoms with Gasteiger partial charge in [0.1, 0.15) is 11.6 Å². The third-order valence-electron chi connectivity index (χ3n) is 6.24. The Hall–Kier alpha value is -1.85. The second-order valence-corrected chi connectivity index (χ2v) is 8.51. The molecule has 2 aliphatic heterocycles. The first-order chi connectivity index (χ1) is 13.5. The molecule has 8 nitrogen and oxygen atoms in total. The predicted molar refractivity (Wildman–Crippen MR) is 105 cm³/mol. The van der Waals surface area contributed by atoms with Gasteiger partial charge >= 0.3 is 6.03 Å². The van der Waals surface area contributed by atoms with E-state index in [0.29, 0.717) is 51.6 Å². The number of urea groups is 1. The van der Waals surface area contributed by atoms with Gasteiger partial charge in [-0.2, -0.15) is 5.26 Å². The van der Waals surface area contributed by atoms with Crippen molar-refractivity contribution in [2.24, 2.45) is 5.92 Å². The molecule has 0 aromatic carbocycles. The van der Waals surface area contributed by atoms with Crippen molar-refractivity contribution in [2.45, 2.75) is 56.5 Å². The van der Waals surface area contributed by atoms with Crippen LogP contribution in [0.4, 0.5) is 4.79 Å². The van der Waals surface area contributed by atoms with Crippen LogP contribution in [0.3, 0.4) is 0 Å². The maximum Gasteiger partial charge on any atom is 0.318 e. The zero-order valence-corrected chi connectivity index (χ0v) is 16.9. The molecule has 156 valence electrons. The zero-order valence-electron chi connectivity index (χ0n) is 16.9. The fourth-order valence-corrected chi connectivity index (χ4v) is 4.54. The Kier molecular flexibility index (Phi) is 7.13. The standard InChI is InChI=1S/C20H33N5O3/c1-24-8-7-20(14-21,15-24)23-18(26)17(13-16-5-3-2-4-6-16)22-19(27)25-9-11-28-12-10-25/h16-17H,2-13,15H2,1H3,(H,22,27)(H,23,26). The van der Waals surface area contributed by atoms with E-state index < -0.39 is 11.6 Å². The fourth-order valence-electron chi connectivity index (χ4n) is 4.54. The Morgan fingerprint density at radius 1 is 1.21 bits per heavy atom. The summed E-state index contributed by atoms with van der Waals surface area (Å²) in [6, 6.07) is 1.48. The number of carbonyl (C=O) groups is 2. The number of nitrogens with one attached hydrogen (secondary N) is 2. The van der Waals surface area contributed by atoms with Crippen molar-refractivity contribution in [3.63, 3.8) is 0 Å². The van der Waals surface area contributed by atoms with Gasteiger partial charge in [0.05, 0.1) is 19.3 Å². The first-order valence-corrected chi connectivity index (χ1v) is 10.6. The van der Waals surface area contributed by atoms with Gasteiger partial charge in [-0.25, -0.2) is 4.79 Å². The molecule has 2 atom stereocenters. The fraction of sp³-hybridized carbons (Fsp3) is 0.850. The number of rotatable bonds is 5. The minimum absolute atomic E-state index is 0.214. The molecule has 2 unspecified atom stereocenters. The minimum atomic E-state index is -0.861. The van der Waals surface area contributed by atoms with E-state index >= 15 is 0 Å². The number of hydrogen-bond donors (Lipinski definition) is 2. The predicted octanol–water partition coefficient (Wildman–Crippen LogP) is 1.08. The van der Waals surface area contributed by atoms with Gasteiger partial charge in [-0.3, -0.25) is 4.79 Å². The van der Waals surface area contributed by atoms with Crippen LogP contribution in [0.15, 0.2) is 0 Å². The zero-order chi connectivity index (χ0) is 20.0. The number of likely N-dealkylation sites (N-methyl/N-ethyl adjacent to an activating group) is 1. The summed E-state index contributed by atoms with van der Waals surface area (Å²) in [4.78, 5) is 29.6. The third kappa shape index (κ3) is 5.36. The summed E-state index contributed by atoms with van der Waals surface area (Å²) >= 11 is 0. The van der Waals surface area contributed by atoms with Gasteiger partial charge < -0.3 is 25.2 Å². The molecule has 2 heterocycles. The van der Waals surface area contributed by atoms with E-state index in [1.165, 1.54) is 19.3 Å². The van der Waals surface area contributed by atoms with Crippen molar-refractivity contribution in [3.8, 4) is 6.07 Å². The van der Waals surface area contributed by atoms with Gasteiger partial charge in [0, 0.05) is 26.2 Å². The number of morpholine rings is 1. The van der Waals surface area contributed by atoms with Crippen LogP contribution in [0.2, 0.25) is 0 Å². The van der Waals surface area contributed by atoms with E-state index in [0.717, 1.165) is 19.4 Å². The lowest BCUT2D eigenvalue weighted by atomic mass is 9.84. The summed E-state index contributed by atoms with van der Waals surface area (Å²) in [5.74, 6) is 0.211. The van der Waals surface area contributed by atoms with Gasteiger partial charge in [0.25, 0.3) is 0 Å². The molecule has 3 aliphatic rings. The summed E-state index contributed by atoms with van der Waals surface area (Å²) in [7, 11) is 1.95. The minimum Gasteiger partial charge on any atom is -0.378 e. The van der Waals surface area contributed by atoms with Crippen LogP contribution >= 0.6 is 0 Å². The molecular formula is C20H33N5O3. The van der Waals surface area contributed by atoms with Gasteiger partial charge in [-0.1, -0.05) is 32.1 Å². The average Bonchev–Trinajstić information content (AvgIpc) is 3.09. The van der Waals surface area contributed by atoms with Gasteiger partial charge in [-0.05, 0) is 25.8 Å². The molecule has 2 N–H and O–H groups in total. The number of hydrogen-bond acceptors (Lipinski definition) is 5. The lowest BCUT2D eigenvalue weighted by Gasteiger charge is -2.32. The summed E-state index contributed by atoms with van der Waals surface area (Å²) in [5, 5.41) is 15.6. The van der Waals surface area contributed by atoms with Crippen molar-refractivity contribution in [2.75, 3.05) is 46.4 Å². The molecule has 3 amide bonds. The second-order valence-electron chi connectivity index (χ2n) is 8.51. The Morgan fingerprint density at radius 2 is 1.93 bits per heavy atom. The highest BCUT2D eigenvalue weighted by atomic mass is 16.5. The number of nitrogens with zero attached hydrogens (tertiary/aromatic N) is 3. The number of likely N-dealkylation sites (tertiary alicyclic amines) is 1. The normalized spacial score (nSPS) is 27.8. The first kappa shape index (κ1) is 20.9. The Labute approximate surface area is 167 Å². The van der Waals surface area contributed by atoms with Crippen LogP contribution in [-0.4, -0.2) is 79.8 Å². The molecule has 8 heteroatoms. The molecule has 0 radical (unpaired) electrons. The third-order valence-corrected chi connectivity index (χ3v) is 6.24. The highest BCUT2D eigenvalue weighted by molar-refractivity contribution is 5.88. The number of nitriles is 1. The molecule has 0 aromatic heterocycles. The van der Waals surface area contributed by atoms with Crippen LogP contribution in [0.1, 0.15) is 44.9 Å². The van der Waals surface area contributed by atoms with E-state index in [-0.39, 0.29) is 11.9 Å². The Morgan fingerprint density at radius 3 is 2.54 bits per heavy atom. The SMILES string of the molecule is CN1CCC(C#N)(NC(=O)C(CC2CCCCC2)NC(=O)N2CCOCC2)C1. The van der Waals surface area contributed by atoms with Crippen LogP contribution in [-0.2, 0) is 9.53 Å². The Balaban J connectivity index is 1.66. The second kappa shape index (κ2) is 9.57. The molecular weight excluding hydrogens is 358 g/mol. The van der Waals surface area contributed by atoms with Gasteiger partial charge in [-0.15, -0.1) is 0 Å². The van der Waals surface area contributed by atoms with Gasteiger partial charge in [0.2, 0.25) is 5.91 Å². The summed E-state index contributed by atoms with van der Waals surface area (Å²) < 4.78 is 5.31. The van der Waals surface area contributed by atoms with Crippen LogP contribution in [0, 0.1) is 17.2 Å². The van der Waals surface area contributed by atoms with E-state index in [4.69, 9.17) is 4.74 Å². The van der Waals surface area contributed by atoms with Gasteiger partial charge in [0.15, 0.2) is 0 Å². The van der Waals surface area contributed by atoms with Crippen molar-refractivity contribution >= 4 is 11.9 Å². The van der Waals surface area contributed by atoms with E-state index in [2.05, 4.69) is 16.7 Å². The number of amides is 3. The van der Waals surface area contributed by atoms with Crippen LogP contribution in [0.5, 0.6) is 0 Å². The Bertz CT molecular complexity index is 595. The lowest BCUT2D eigenvalue weighted by Crippen LogP contribution is -2.58. The first-order valence-electron chi connectivity index (χ1n) is 10.6. The highest BCUT2D eigenvalue weighted by Crippen LogP contribution is 2.28. The van der Waals surface area contributed by atoms with Crippen molar-refractivity contribution < 1.29 is 14.3 Å². The van der Waals surface area contributed by atoms with Crippen molar-refractivity contribution in [1.29, 1.82) is 5.26 Å². The lowest BCUT2D eigenvalue weighted by molar-refractivity contribution is -0.124. The smallest absolute Gasteiger partial charge is 0.318 e. The largest absolute Gasteiger partial charge is 0.378 e. The van der Waals surface area contributed by atoms with E-state index in [1.54, 1.807) is 4.90 Å². The molecule has 3 rings (SSSR count). The molecule has 0 aromatic rings. The van der Waals surface area contributed by atoms with E-state index in [9.17, 15) is 14.9 Å². The van der Waals surface area contributed by atoms with Crippen molar-refractivity contribution in [3.05, 3.63) is 0 Å². The molecule has 3 fully saturated rings. The molecule has 28 heavy (non-hydrogen) atoms. The molecule has 0 spiro atoms. The quantitative estimate of drug-likeness (QED) is 0.731. The average molecular weight is 392 g/mol. The highest BCUT2D eigenvalue weighted by Gasteiger charge is 2.40. The van der Waals surface area contributed by atoms with Crippen molar-refractivity contribution in [1.82, 2.24) is 20.4 Å². The number of ether oxygens (including phenoxy) is 1. The summed E-state index contributed by atoms with van der Waals surface area (Å²) in [5.41, 5.74) is -0.861. The summed E-state index contributed by atoms with van der Waals surface area (Å²) in [6.07, 6.45) is 7.06. The van der Waals surface area contributed by atoms with Crippen LogP contribution in [0.25, 0.3) is 0 Å². The molecule has 2 saturated heterocycles. The monoisotopic (exact) mass is 391 g/mol.